The second-order valence-electron chi connectivity index (χ2n) is 12.9. The van der Waals surface area contributed by atoms with E-state index in [1.165, 1.54) is 25.7 Å². The molecule has 0 radical (unpaired) electrons. The van der Waals surface area contributed by atoms with Crippen LogP contribution in [-0.4, -0.2) is 17.5 Å². The molecular weight excluding hydrogens is 412 g/mol. The molecule has 0 N–H and O–H groups in total. The number of fused-ring (bicyclic) bond motifs is 4. The molecule has 6 atom stereocenters. The maximum Gasteiger partial charge on any atom is 0.249 e. The third-order valence-electron chi connectivity index (χ3n) is 10.5. The van der Waals surface area contributed by atoms with Gasteiger partial charge in [-0.1, -0.05) is 64.6 Å². The van der Waals surface area contributed by atoms with Crippen LogP contribution in [0.2, 0.25) is 0 Å². The minimum absolute atomic E-state index is 0.293. The van der Waals surface area contributed by atoms with Gasteiger partial charge in [-0.15, -0.1) is 0 Å². The zero-order chi connectivity index (χ0) is 23.6. The highest BCUT2D eigenvalue weighted by Crippen LogP contribution is 2.65. The van der Waals surface area contributed by atoms with E-state index in [-0.39, 0.29) is 11.2 Å². The standard InChI is InChI=1S/C29H42O4/c1-19(20-11-9-8-10-12-20)25(30-32-28(6)15-13-21-17-23(28)26(21,2)3)31-33-29(7)16-14-22-18-24(29)27(22,4)5/h8-12,21-25H,1,13-18H2,2-7H3. The highest BCUT2D eigenvalue weighted by molar-refractivity contribution is 5.65. The van der Waals surface area contributed by atoms with E-state index in [1.807, 2.05) is 30.3 Å². The first-order valence-electron chi connectivity index (χ1n) is 12.9. The monoisotopic (exact) mass is 454 g/mol. The summed E-state index contributed by atoms with van der Waals surface area (Å²) in [6, 6.07) is 10.0. The van der Waals surface area contributed by atoms with Crippen molar-refractivity contribution in [1.29, 1.82) is 0 Å². The van der Waals surface area contributed by atoms with E-state index >= 15 is 0 Å². The molecule has 6 aliphatic rings. The molecule has 7 rings (SSSR count). The average molecular weight is 455 g/mol. The van der Waals surface area contributed by atoms with Crippen LogP contribution in [0.4, 0.5) is 0 Å². The number of hydrogen-bond donors (Lipinski definition) is 0. The summed E-state index contributed by atoms with van der Waals surface area (Å²) < 4.78 is 0. The Morgan fingerprint density at radius 2 is 1.24 bits per heavy atom. The lowest BCUT2D eigenvalue weighted by molar-refractivity contribution is -0.508. The molecule has 0 saturated heterocycles. The third-order valence-corrected chi connectivity index (χ3v) is 10.5. The van der Waals surface area contributed by atoms with E-state index in [0.29, 0.717) is 28.2 Å². The summed E-state index contributed by atoms with van der Waals surface area (Å²) in [5.41, 5.74) is 1.61. The summed E-state index contributed by atoms with van der Waals surface area (Å²) in [7, 11) is 0. The Morgan fingerprint density at radius 3 is 1.64 bits per heavy atom. The smallest absolute Gasteiger partial charge is 0.227 e. The second-order valence-corrected chi connectivity index (χ2v) is 12.9. The van der Waals surface area contributed by atoms with E-state index in [1.54, 1.807) is 0 Å². The maximum atomic E-state index is 6.25. The SMILES string of the molecule is C=C(c1ccccc1)C(OOC1(C)CCC2CC1C2(C)C)OOC1(C)CCC2CC1C2(C)C. The van der Waals surface area contributed by atoms with Gasteiger partial charge in [0.05, 0.1) is 0 Å². The van der Waals surface area contributed by atoms with Crippen LogP contribution in [-0.2, 0) is 19.6 Å². The zero-order valence-electron chi connectivity index (χ0n) is 21.4. The third kappa shape index (κ3) is 3.73. The lowest BCUT2D eigenvalue weighted by Gasteiger charge is -2.63. The van der Waals surface area contributed by atoms with Crippen LogP contribution in [0.1, 0.15) is 85.6 Å². The minimum atomic E-state index is -0.817. The van der Waals surface area contributed by atoms with Crippen molar-refractivity contribution in [2.75, 3.05) is 0 Å². The quantitative estimate of drug-likeness (QED) is 0.234. The van der Waals surface area contributed by atoms with Crippen molar-refractivity contribution in [2.45, 2.75) is 97.6 Å². The van der Waals surface area contributed by atoms with Crippen molar-refractivity contribution in [3.8, 4) is 0 Å². The van der Waals surface area contributed by atoms with Gasteiger partial charge in [0, 0.05) is 5.57 Å². The first kappa shape index (κ1) is 23.5. The Bertz CT molecular complexity index is 840. The second kappa shape index (κ2) is 7.91. The Kier molecular flexibility index (Phi) is 5.64. The molecule has 6 fully saturated rings. The van der Waals surface area contributed by atoms with Gasteiger partial charge in [-0.2, -0.15) is 9.78 Å². The molecule has 6 unspecified atom stereocenters. The van der Waals surface area contributed by atoms with Crippen LogP contribution < -0.4 is 0 Å². The van der Waals surface area contributed by atoms with Gasteiger partial charge in [0.1, 0.15) is 11.2 Å². The van der Waals surface area contributed by atoms with Gasteiger partial charge >= 0.3 is 0 Å². The largest absolute Gasteiger partial charge is 0.249 e. The molecule has 182 valence electrons. The van der Waals surface area contributed by atoms with Crippen molar-refractivity contribution in [2.24, 2.45) is 34.5 Å². The Labute approximate surface area is 199 Å². The molecule has 0 heterocycles. The Balaban J connectivity index is 1.30. The minimum Gasteiger partial charge on any atom is -0.227 e. The van der Waals surface area contributed by atoms with Gasteiger partial charge in [-0.05, 0) is 92.4 Å². The van der Waals surface area contributed by atoms with Gasteiger partial charge in [0.25, 0.3) is 0 Å². The maximum absolute atomic E-state index is 6.25. The molecule has 1 aromatic rings. The summed E-state index contributed by atoms with van der Waals surface area (Å²) in [4.78, 5) is 24.6. The predicted molar refractivity (Wildman–Crippen MR) is 130 cm³/mol. The fourth-order valence-electron chi connectivity index (χ4n) is 7.78. The predicted octanol–water partition coefficient (Wildman–Crippen LogP) is 7.35. The van der Waals surface area contributed by atoms with Crippen LogP contribution in [0.25, 0.3) is 5.57 Å². The molecule has 4 heteroatoms. The Morgan fingerprint density at radius 1 is 0.788 bits per heavy atom. The molecule has 33 heavy (non-hydrogen) atoms. The highest BCUT2D eigenvalue weighted by atomic mass is 17.3. The fourth-order valence-corrected chi connectivity index (χ4v) is 7.78. The van der Waals surface area contributed by atoms with E-state index in [9.17, 15) is 0 Å². The number of rotatable bonds is 8. The van der Waals surface area contributed by atoms with Crippen molar-refractivity contribution < 1.29 is 19.6 Å². The highest BCUT2D eigenvalue weighted by Gasteiger charge is 2.62. The topological polar surface area (TPSA) is 36.9 Å². The lowest BCUT2D eigenvalue weighted by atomic mass is 9.44. The molecule has 4 nitrogen and oxygen atoms in total. The molecule has 0 aliphatic heterocycles. The lowest BCUT2D eigenvalue weighted by Crippen LogP contribution is -2.61. The van der Waals surface area contributed by atoms with Gasteiger partial charge in [-0.25, -0.2) is 9.78 Å². The molecule has 0 amide bonds. The summed E-state index contributed by atoms with van der Waals surface area (Å²) in [5, 5.41) is 0. The molecule has 0 spiro atoms. The Hall–Kier alpha value is -1.20. The molecule has 0 aromatic heterocycles. The van der Waals surface area contributed by atoms with E-state index < -0.39 is 6.29 Å². The van der Waals surface area contributed by atoms with Crippen LogP contribution in [0.3, 0.4) is 0 Å². The molecule has 6 aliphatic carbocycles. The molecule has 1 aromatic carbocycles. The summed E-state index contributed by atoms with van der Waals surface area (Å²) in [6.45, 7) is 18.1. The first-order valence-corrected chi connectivity index (χ1v) is 12.9. The van der Waals surface area contributed by atoms with Gasteiger partial charge in [0.2, 0.25) is 6.29 Å². The van der Waals surface area contributed by atoms with Gasteiger partial charge in [-0.3, -0.25) is 0 Å². The van der Waals surface area contributed by atoms with Crippen molar-refractivity contribution in [3.63, 3.8) is 0 Å². The number of hydrogen-bond acceptors (Lipinski definition) is 4. The van der Waals surface area contributed by atoms with E-state index in [4.69, 9.17) is 19.6 Å². The van der Waals surface area contributed by atoms with Gasteiger partial charge < -0.3 is 0 Å². The molecular formula is C29H42O4. The van der Waals surface area contributed by atoms with E-state index in [2.05, 4.69) is 48.1 Å². The average Bonchev–Trinajstić information content (AvgIpc) is 2.78. The van der Waals surface area contributed by atoms with Crippen molar-refractivity contribution in [3.05, 3.63) is 42.5 Å². The van der Waals surface area contributed by atoms with Gasteiger partial charge in [0.15, 0.2) is 0 Å². The van der Waals surface area contributed by atoms with E-state index in [0.717, 1.165) is 30.2 Å². The van der Waals surface area contributed by atoms with Crippen LogP contribution >= 0.6 is 0 Å². The number of benzene rings is 1. The van der Waals surface area contributed by atoms with Crippen molar-refractivity contribution in [1.82, 2.24) is 0 Å². The fraction of sp³-hybridized carbons (Fsp3) is 0.724. The molecule has 6 saturated carbocycles. The van der Waals surface area contributed by atoms with Crippen molar-refractivity contribution >= 4 is 5.57 Å². The zero-order valence-corrected chi connectivity index (χ0v) is 21.4. The van der Waals surface area contributed by atoms with Crippen LogP contribution in [0.15, 0.2) is 36.9 Å². The summed E-state index contributed by atoms with van der Waals surface area (Å²) in [5.74, 6) is 2.57. The summed E-state index contributed by atoms with van der Waals surface area (Å²) >= 11 is 0. The molecule has 4 bridgehead atoms. The van der Waals surface area contributed by atoms with Crippen LogP contribution in [0.5, 0.6) is 0 Å². The summed E-state index contributed by atoms with van der Waals surface area (Å²) in [6.07, 6.45) is 5.98. The first-order chi connectivity index (χ1) is 15.5. The normalized spacial score (nSPS) is 40.9. The van der Waals surface area contributed by atoms with Crippen LogP contribution in [0, 0.1) is 34.5 Å².